The lowest BCUT2D eigenvalue weighted by Gasteiger charge is -2.13. The molecule has 0 spiro atoms. The van der Waals surface area contributed by atoms with Crippen LogP contribution in [0.2, 0.25) is 0 Å². The van der Waals surface area contributed by atoms with Gasteiger partial charge in [0, 0.05) is 27.7 Å². The van der Waals surface area contributed by atoms with Gasteiger partial charge < -0.3 is 11.1 Å². The molecule has 21 heavy (non-hydrogen) atoms. The van der Waals surface area contributed by atoms with Crippen molar-refractivity contribution in [2.75, 3.05) is 11.6 Å². The van der Waals surface area contributed by atoms with Gasteiger partial charge in [-0.15, -0.1) is 0 Å². The molecule has 0 aliphatic carbocycles. The van der Waals surface area contributed by atoms with Crippen molar-refractivity contribution in [2.24, 2.45) is 5.73 Å². The molecule has 4 nitrogen and oxygen atoms in total. The first-order valence-corrected chi connectivity index (χ1v) is 9.04. The minimum atomic E-state index is -3.20. The maximum absolute atomic E-state index is 11.4. The van der Waals surface area contributed by atoms with E-state index in [4.69, 9.17) is 18.0 Å². The number of thiocarbonyl (C=S) groups is 1. The molecule has 2 aromatic rings. The molecule has 0 radical (unpaired) electrons. The van der Waals surface area contributed by atoms with Gasteiger partial charge in [-0.25, -0.2) is 8.42 Å². The first-order valence-electron chi connectivity index (χ1n) is 5.94. The Morgan fingerprint density at radius 3 is 2.33 bits per heavy atom. The number of nitrogens with one attached hydrogen (secondary N) is 1. The fourth-order valence-corrected chi connectivity index (χ4v) is 3.38. The van der Waals surface area contributed by atoms with Crippen LogP contribution in [0.25, 0.3) is 0 Å². The van der Waals surface area contributed by atoms with Crippen LogP contribution in [0.4, 0.5) is 11.4 Å². The molecule has 0 aromatic heterocycles. The molecule has 0 fully saturated rings. The lowest BCUT2D eigenvalue weighted by molar-refractivity contribution is 0.602. The van der Waals surface area contributed by atoms with Crippen LogP contribution >= 0.6 is 28.1 Å². The summed E-state index contributed by atoms with van der Waals surface area (Å²) in [5.41, 5.74) is 7.94. The van der Waals surface area contributed by atoms with Crippen LogP contribution in [0.3, 0.4) is 0 Å². The van der Waals surface area contributed by atoms with E-state index < -0.39 is 9.84 Å². The second kappa shape index (κ2) is 6.13. The maximum Gasteiger partial charge on any atom is 0.175 e. The van der Waals surface area contributed by atoms with E-state index in [0.29, 0.717) is 5.56 Å². The molecule has 2 rings (SSSR count). The third-order valence-corrected chi connectivity index (χ3v) is 4.81. The summed E-state index contributed by atoms with van der Waals surface area (Å²) in [6.07, 6.45) is 1.18. The fraction of sp³-hybridized carbons (Fsp3) is 0.0714. The summed E-state index contributed by atoms with van der Waals surface area (Å²) in [6.45, 7) is 0. The Hall–Kier alpha value is -1.44. The summed E-state index contributed by atoms with van der Waals surface area (Å²) >= 11 is 8.46. The number of nitrogens with two attached hydrogens (primary N) is 1. The van der Waals surface area contributed by atoms with Crippen molar-refractivity contribution in [3.8, 4) is 0 Å². The van der Waals surface area contributed by atoms with Crippen LogP contribution in [-0.2, 0) is 9.84 Å². The Bertz CT molecular complexity index is 787. The highest BCUT2D eigenvalue weighted by Crippen LogP contribution is 2.27. The van der Waals surface area contributed by atoms with Gasteiger partial charge in [0.05, 0.1) is 4.90 Å². The topological polar surface area (TPSA) is 72.2 Å². The van der Waals surface area contributed by atoms with Crippen LogP contribution < -0.4 is 11.1 Å². The van der Waals surface area contributed by atoms with Gasteiger partial charge in [-0.3, -0.25) is 0 Å². The first-order chi connectivity index (χ1) is 9.79. The molecule has 0 amide bonds. The predicted molar refractivity (Wildman–Crippen MR) is 92.9 cm³/mol. The van der Waals surface area contributed by atoms with Crippen molar-refractivity contribution >= 4 is 54.3 Å². The molecule has 0 heterocycles. The van der Waals surface area contributed by atoms with Gasteiger partial charge in [0.15, 0.2) is 9.84 Å². The SMILES string of the molecule is CS(=O)(=O)c1ccc(Nc2cccc(Br)c2C(N)=S)cc1. The zero-order valence-corrected chi connectivity index (χ0v) is 14.3. The molecule has 0 bridgehead atoms. The standard InChI is InChI=1S/C14H13BrN2O2S2/c1-21(18,19)10-7-5-9(6-8-10)17-12-4-2-3-11(15)13(12)14(16)20/h2-8,17H,1H3,(H2,16,20). The smallest absolute Gasteiger partial charge is 0.175 e. The fourth-order valence-electron chi connectivity index (χ4n) is 1.82. The van der Waals surface area contributed by atoms with Crippen molar-refractivity contribution in [1.29, 1.82) is 0 Å². The van der Waals surface area contributed by atoms with Crippen LogP contribution in [0.5, 0.6) is 0 Å². The van der Waals surface area contributed by atoms with Crippen LogP contribution in [0.1, 0.15) is 5.56 Å². The summed E-state index contributed by atoms with van der Waals surface area (Å²) in [5.74, 6) is 0. The molecular weight excluding hydrogens is 372 g/mol. The number of rotatable bonds is 4. The monoisotopic (exact) mass is 384 g/mol. The molecule has 7 heteroatoms. The predicted octanol–water partition coefficient (Wildman–Crippen LogP) is 3.23. The van der Waals surface area contributed by atoms with E-state index in [-0.39, 0.29) is 9.88 Å². The number of benzene rings is 2. The van der Waals surface area contributed by atoms with Crippen molar-refractivity contribution in [3.05, 3.63) is 52.5 Å². The van der Waals surface area contributed by atoms with Gasteiger partial charge in [0.25, 0.3) is 0 Å². The van der Waals surface area contributed by atoms with Crippen molar-refractivity contribution in [1.82, 2.24) is 0 Å². The highest BCUT2D eigenvalue weighted by Gasteiger charge is 2.10. The third-order valence-electron chi connectivity index (χ3n) is 2.82. The highest BCUT2D eigenvalue weighted by molar-refractivity contribution is 9.10. The Kier molecular flexibility index (Phi) is 4.65. The molecule has 0 aliphatic rings. The van der Waals surface area contributed by atoms with Gasteiger partial charge in [-0.1, -0.05) is 18.3 Å². The first kappa shape index (κ1) is 15.9. The van der Waals surface area contributed by atoms with E-state index in [9.17, 15) is 8.42 Å². The number of halogens is 1. The largest absolute Gasteiger partial charge is 0.389 e. The second-order valence-corrected chi connectivity index (χ2v) is 7.76. The van der Waals surface area contributed by atoms with E-state index in [1.54, 1.807) is 24.3 Å². The Morgan fingerprint density at radius 2 is 1.81 bits per heavy atom. The molecular formula is C14H13BrN2O2S2. The summed E-state index contributed by atoms with van der Waals surface area (Å²) in [4.78, 5) is 0.551. The van der Waals surface area contributed by atoms with Crippen molar-refractivity contribution in [3.63, 3.8) is 0 Å². The molecule has 0 unspecified atom stereocenters. The molecule has 3 N–H and O–H groups in total. The molecule has 0 saturated carbocycles. The minimum Gasteiger partial charge on any atom is -0.389 e. The van der Waals surface area contributed by atoms with Crippen LogP contribution in [0.15, 0.2) is 51.8 Å². The lowest BCUT2D eigenvalue weighted by atomic mass is 10.1. The Morgan fingerprint density at radius 1 is 1.19 bits per heavy atom. The van der Waals surface area contributed by atoms with E-state index in [0.717, 1.165) is 15.8 Å². The average molecular weight is 385 g/mol. The Balaban J connectivity index is 2.35. The molecule has 0 atom stereocenters. The van der Waals surface area contributed by atoms with E-state index in [2.05, 4.69) is 21.2 Å². The van der Waals surface area contributed by atoms with Gasteiger partial charge in [-0.05, 0) is 52.3 Å². The molecule has 2 aromatic carbocycles. The lowest BCUT2D eigenvalue weighted by Crippen LogP contribution is -2.12. The summed E-state index contributed by atoms with van der Waals surface area (Å²) in [6, 6.07) is 12.1. The number of sulfone groups is 1. The number of hydrogen-bond acceptors (Lipinski definition) is 4. The average Bonchev–Trinajstić information content (AvgIpc) is 2.38. The van der Waals surface area contributed by atoms with E-state index in [1.165, 1.54) is 6.26 Å². The van der Waals surface area contributed by atoms with Crippen LogP contribution in [0, 0.1) is 0 Å². The van der Waals surface area contributed by atoms with E-state index >= 15 is 0 Å². The molecule has 110 valence electrons. The molecule has 0 aliphatic heterocycles. The minimum absolute atomic E-state index is 0.275. The van der Waals surface area contributed by atoms with Gasteiger partial charge in [0.2, 0.25) is 0 Å². The normalized spacial score (nSPS) is 11.1. The summed E-state index contributed by atoms with van der Waals surface area (Å²) in [7, 11) is -3.20. The zero-order chi connectivity index (χ0) is 15.6. The quantitative estimate of drug-likeness (QED) is 0.791. The molecule has 0 saturated heterocycles. The second-order valence-electron chi connectivity index (χ2n) is 4.45. The van der Waals surface area contributed by atoms with Crippen molar-refractivity contribution < 1.29 is 8.42 Å². The van der Waals surface area contributed by atoms with E-state index in [1.807, 2.05) is 18.2 Å². The summed E-state index contributed by atoms with van der Waals surface area (Å²) < 4.78 is 23.7. The van der Waals surface area contributed by atoms with Gasteiger partial charge in [-0.2, -0.15) is 0 Å². The number of anilines is 2. The number of hydrogen-bond donors (Lipinski definition) is 2. The van der Waals surface area contributed by atoms with Crippen molar-refractivity contribution in [2.45, 2.75) is 4.90 Å². The van der Waals surface area contributed by atoms with Gasteiger partial charge >= 0.3 is 0 Å². The summed E-state index contributed by atoms with van der Waals surface area (Å²) in [5, 5.41) is 3.18. The third kappa shape index (κ3) is 3.81. The Labute approximate surface area is 137 Å². The zero-order valence-electron chi connectivity index (χ0n) is 11.1. The maximum atomic E-state index is 11.4. The highest BCUT2D eigenvalue weighted by atomic mass is 79.9. The van der Waals surface area contributed by atoms with Gasteiger partial charge in [0.1, 0.15) is 4.99 Å². The van der Waals surface area contributed by atoms with Crippen LogP contribution in [-0.4, -0.2) is 19.7 Å².